The Hall–Kier alpha value is -0.840. The van der Waals surface area contributed by atoms with Crippen LogP contribution in [0.2, 0.25) is 5.02 Å². The standard InChI is InChI=1S/C12H16ClNO2S/c1-15-6-2-3-7-16-9-4-5-10(12(14)17)11(13)8-9/h4-5,8H,2-3,6-7H2,1H3,(H2,14,17). The Morgan fingerprint density at radius 3 is 2.65 bits per heavy atom. The molecule has 94 valence electrons. The van der Waals surface area contributed by atoms with E-state index < -0.39 is 0 Å². The van der Waals surface area contributed by atoms with Crippen molar-refractivity contribution >= 4 is 28.8 Å². The summed E-state index contributed by atoms with van der Waals surface area (Å²) in [5, 5.41) is 0.520. The average molecular weight is 274 g/mol. The van der Waals surface area contributed by atoms with Crippen LogP contribution in [0, 0.1) is 0 Å². The lowest BCUT2D eigenvalue weighted by molar-refractivity contribution is 0.184. The first-order chi connectivity index (χ1) is 8.15. The summed E-state index contributed by atoms with van der Waals surface area (Å²) in [5.41, 5.74) is 6.19. The molecule has 0 aliphatic heterocycles. The highest BCUT2D eigenvalue weighted by molar-refractivity contribution is 7.80. The number of hydrogen-bond acceptors (Lipinski definition) is 3. The van der Waals surface area contributed by atoms with Gasteiger partial charge < -0.3 is 15.2 Å². The monoisotopic (exact) mass is 273 g/mol. The van der Waals surface area contributed by atoms with Crippen molar-refractivity contribution in [1.29, 1.82) is 0 Å². The van der Waals surface area contributed by atoms with Crippen LogP contribution in [0.4, 0.5) is 0 Å². The number of rotatable bonds is 7. The van der Waals surface area contributed by atoms with Crippen LogP contribution in [0.15, 0.2) is 18.2 Å². The van der Waals surface area contributed by atoms with Crippen molar-refractivity contribution in [3.05, 3.63) is 28.8 Å². The maximum atomic E-state index is 6.02. The van der Waals surface area contributed by atoms with E-state index in [2.05, 4.69) is 0 Å². The maximum Gasteiger partial charge on any atom is 0.120 e. The van der Waals surface area contributed by atoms with Crippen molar-refractivity contribution in [3.63, 3.8) is 0 Å². The molecule has 0 fully saturated rings. The molecule has 17 heavy (non-hydrogen) atoms. The molecule has 1 rings (SSSR count). The highest BCUT2D eigenvalue weighted by Gasteiger charge is 2.04. The number of nitrogens with two attached hydrogens (primary N) is 1. The zero-order valence-electron chi connectivity index (χ0n) is 9.74. The van der Waals surface area contributed by atoms with Crippen LogP contribution in [0.1, 0.15) is 18.4 Å². The normalized spacial score (nSPS) is 10.2. The summed E-state index contributed by atoms with van der Waals surface area (Å²) < 4.78 is 10.5. The van der Waals surface area contributed by atoms with E-state index in [9.17, 15) is 0 Å². The summed E-state index contributed by atoms with van der Waals surface area (Å²) in [4.78, 5) is 0.293. The molecule has 0 radical (unpaired) electrons. The van der Waals surface area contributed by atoms with Crippen LogP contribution in [0.3, 0.4) is 0 Å². The van der Waals surface area contributed by atoms with Crippen LogP contribution in [0.5, 0.6) is 5.75 Å². The van der Waals surface area contributed by atoms with Gasteiger partial charge in [-0.05, 0) is 31.0 Å². The fourth-order valence-electron chi connectivity index (χ4n) is 1.32. The van der Waals surface area contributed by atoms with Crippen molar-refractivity contribution in [2.45, 2.75) is 12.8 Å². The largest absolute Gasteiger partial charge is 0.494 e. The Morgan fingerprint density at radius 1 is 1.35 bits per heavy atom. The van der Waals surface area contributed by atoms with Gasteiger partial charge in [0.05, 0.1) is 11.6 Å². The highest BCUT2D eigenvalue weighted by Crippen LogP contribution is 2.22. The molecule has 0 heterocycles. The number of benzene rings is 1. The molecule has 0 aliphatic carbocycles. The Kier molecular flexibility index (Phi) is 6.26. The minimum atomic E-state index is 0.293. The van der Waals surface area contributed by atoms with Crippen molar-refractivity contribution in [2.24, 2.45) is 5.73 Å². The molecule has 0 saturated carbocycles. The fraction of sp³-hybridized carbons (Fsp3) is 0.417. The van der Waals surface area contributed by atoms with Crippen molar-refractivity contribution < 1.29 is 9.47 Å². The van der Waals surface area contributed by atoms with Crippen molar-refractivity contribution in [2.75, 3.05) is 20.3 Å². The van der Waals surface area contributed by atoms with E-state index in [-0.39, 0.29) is 0 Å². The van der Waals surface area contributed by atoms with Gasteiger partial charge in [-0.2, -0.15) is 0 Å². The lowest BCUT2D eigenvalue weighted by atomic mass is 10.2. The molecule has 1 aromatic carbocycles. The summed E-state index contributed by atoms with van der Waals surface area (Å²) in [6.45, 7) is 1.40. The molecule has 0 spiro atoms. The number of ether oxygens (including phenoxy) is 2. The molecular formula is C12H16ClNO2S. The topological polar surface area (TPSA) is 44.5 Å². The molecule has 2 N–H and O–H groups in total. The van der Waals surface area contributed by atoms with Crippen molar-refractivity contribution in [3.8, 4) is 5.75 Å². The summed E-state index contributed by atoms with van der Waals surface area (Å²) >= 11 is 10.9. The van der Waals surface area contributed by atoms with E-state index >= 15 is 0 Å². The van der Waals surface area contributed by atoms with Crippen LogP contribution >= 0.6 is 23.8 Å². The van der Waals surface area contributed by atoms with Gasteiger partial charge >= 0.3 is 0 Å². The number of methoxy groups -OCH3 is 1. The summed E-state index contributed by atoms with van der Waals surface area (Å²) in [6.07, 6.45) is 1.93. The second kappa shape index (κ2) is 7.48. The van der Waals surface area contributed by atoms with E-state index in [1.807, 2.05) is 6.07 Å². The second-order valence-electron chi connectivity index (χ2n) is 3.55. The predicted molar refractivity (Wildman–Crippen MR) is 73.9 cm³/mol. The lowest BCUT2D eigenvalue weighted by Gasteiger charge is -2.08. The Morgan fingerprint density at radius 2 is 2.06 bits per heavy atom. The Balaban J connectivity index is 2.45. The molecule has 3 nitrogen and oxygen atoms in total. The van der Waals surface area contributed by atoms with Gasteiger partial charge in [-0.3, -0.25) is 0 Å². The van der Waals surface area contributed by atoms with Gasteiger partial charge in [-0.25, -0.2) is 0 Å². The molecule has 0 atom stereocenters. The maximum absolute atomic E-state index is 6.02. The first-order valence-corrected chi connectivity index (χ1v) is 6.15. The molecule has 0 amide bonds. The summed E-state index contributed by atoms with van der Waals surface area (Å²) in [5.74, 6) is 0.729. The van der Waals surface area contributed by atoms with Gasteiger partial charge in [-0.1, -0.05) is 23.8 Å². The van der Waals surface area contributed by atoms with Gasteiger partial charge in [0.1, 0.15) is 10.7 Å². The van der Waals surface area contributed by atoms with Gasteiger partial charge in [-0.15, -0.1) is 0 Å². The number of halogens is 1. The third-order valence-corrected chi connectivity index (χ3v) is 2.75. The minimum Gasteiger partial charge on any atom is -0.494 e. The SMILES string of the molecule is COCCCCOc1ccc(C(N)=S)c(Cl)c1. The van der Waals surface area contributed by atoms with E-state index in [1.54, 1.807) is 19.2 Å². The Labute approximate surface area is 112 Å². The van der Waals surface area contributed by atoms with E-state index in [0.717, 1.165) is 25.2 Å². The van der Waals surface area contributed by atoms with Gasteiger partial charge in [0.15, 0.2) is 0 Å². The first-order valence-electron chi connectivity index (χ1n) is 5.36. The molecule has 0 aliphatic rings. The highest BCUT2D eigenvalue weighted by atomic mass is 35.5. The van der Waals surface area contributed by atoms with E-state index in [4.69, 9.17) is 39.0 Å². The van der Waals surface area contributed by atoms with Crippen LogP contribution in [0.25, 0.3) is 0 Å². The van der Waals surface area contributed by atoms with E-state index in [0.29, 0.717) is 22.2 Å². The zero-order chi connectivity index (χ0) is 12.7. The van der Waals surface area contributed by atoms with Gasteiger partial charge in [0.25, 0.3) is 0 Å². The van der Waals surface area contributed by atoms with Gasteiger partial charge in [0.2, 0.25) is 0 Å². The number of unbranched alkanes of at least 4 members (excludes halogenated alkanes) is 1. The fourth-order valence-corrected chi connectivity index (χ4v) is 1.83. The van der Waals surface area contributed by atoms with Crippen molar-refractivity contribution in [1.82, 2.24) is 0 Å². The smallest absolute Gasteiger partial charge is 0.120 e. The number of thiocarbonyl (C=S) groups is 1. The summed E-state index contributed by atoms with van der Waals surface area (Å²) in [6, 6.07) is 5.32. The molecule has 0 saturated heterocycles. The lowest BCUT2D eigenvalue weighted by Crippen LogP contribution is -2.10. The van der Waals surface area contributed by atoms with Crippen LogP contribution < -0.4 is 10.5 Å². The predicted octanol–water partition coefficient (Wildman–Crippen LogP) is 2.78. The van der Waals surface area contributed by atoms with Gasteiger partial charge in [0, 0.05) is 19.3 Å². The number of hydrogen-bond donors (Lipinski definition) is 1. The minimum absolute atomic E-state index is 0.293. The quantitative estimate of drug-likeness (QED) is 0.613. The molecule has 0 unspecified atom stereocenters. The van der Waals surface area contributed by atoms with Crippen LogP contribution in [-0.4, -0.2) is 25.3 Å². The molecule has 0 aromatic heterocycles. The third-order valence-electron chi connectivity index (χ3n) is 2.22. The molecule has 0 bridgehead atoms. The average Bonchev–Trinajstić information content (AvgIpc) is 2.28. The zero-order valence-corrected chi connectivity index (χ0v) is 11.3. The molecular weight excluding hydrogens is 258 g/mol. The third kappa shape index (κ3) is 4.89. The Bertz CT molecular complexity index is 385. The molecule has 1 aromatic rings. The van der Waals surface area contributed by atoms with Crippen LogP contribution in [-0.2, 0) is 4.74 Å². The molecule has 5 heteroatoms. The van der Waals surface area contributed by atoms with E-state index in [1.165, 1.54) is 0 Å². The second-order valence-corrected chi connectivity index (χ2v) is 4.40. The summed E-state index contributed by atoms with van der Waals surface area (Å²) in [7, 11) is 1.69. The first kappa shape index (κ1) is 14.2.